The molecule has 1 saturated heterocycles. The van der Waals surface area contributed by atoms with Crippen molar-refractivity contribution in [1.29, 1.82) is 0 Å². The predicted molar refractivity (Wildman–Crippen MR) is 125 cm³/mol. The van der Waals surface area contributed by atoms with E-state index in [9.17, 15) is 4.39 Å². The number of aromatic nitrogens is 2. The summed E-state index contributed by atoms with van der Waals surface area (Å²) in [6.45, 7) is 7.89. The Morgan fingerprint density at radius 3 is 2.48 bits per heavy atom. The molecule has 0 aliphatic carbocycles. The van der Waals surface area contributed by atoms with Crippen LogP contribution in [-0.4, -0.2) is 49.1 Å². The van der Waals surface area contributed by atoms with Gasteiger partial charge < -0.3 is 20.3 Å². The number of aliphatic imine (C=N–C) groups is 1. The fourth-order valence-electron chi connectivity index (χ4n) is 3.37. The SMILES string of the molecule is CN=C(NCc1ccc(N2CCOCC2)c(F)c1)NCc1c(C)nn(C)c1C.I. The summed E-state index contributed by atoms with van der Waals surface area (Å²) in [5.74, 6) is 0.464. The lowest BCUT2D eigenvalue weighted by molar-refractivity contribution is 0.122. The summed E-state index contributed by atoms with van der Waals surface area (Å²) in [7, 11) is 3.66. The van der Waals surface area contributed by atoms with Crippen molar-refractivity contribution < 1.29 is 9.13 Å². The molecule has 1 aliphatic rings. The van der Waals surface area contributed by atoms with Crippen LogP contribution in [0.2, 0.25) is 0 Å². The van der Waals surface area contributed by atoms with E-state index in [1.54, 1.807) is 13.1 Å². The number of nitrogens with zero attached hydrogens (tertiary/aromatic N) is 4. The van der Waals surface area contributed by atoms with Crippen LogP contribution >= 0.6 is 24.0 Å². The zero-order valence-electron chi connectivity index (χ0n) is 17.5. The Kier molecular flexibility index (Phi) is 8.69. The number of rotatable bonds is 5. The Bertz CT molecular complexity index is 848. The van der Waals surface area contributed by atoms with Gasteiger partial charge in [0.25, 0.3) is 0 Å². The number of anilines is 1. The average molecular weight is 516 g/mol. The molecular formula is C20H30FIN6O. The van der Waals surface area contributed by atoms with Crippen LogP contribution in [0.1, 0.15) is 22.5 Å². The lowest BCUT2D eigenvalue weighted by Crippen LogP contribution is -2.37. The number of guanidine groups is 1. The highest BCUT2D eigenvalue weighted by Crippen LogP contribution is 2.21. The summed E-state index contributed by atoms with van der Waals surface area (Å²) < 4.78 is 21.7. The average Bonchev–Trinajstić information content (AvgIpc) is 2.94. The summed E-state index contributed by atoms with van der Waals surface area (Å²) in [4.78, 5) is 6.27. The van der Waals surface area contributed by atoms with Gasteiger partial charge in [-0.3, -0.25) is 9.67 Å². The van der Waals surface area contributed by atoms with Gasteiger partial charge >= 0.3 is 0 Å². The van der Waals surface area contributed by atoms with Gasteiger partial charge in [-0.05, 0) is 31.5 Å². The molecular weight excluding hydrogens is 486 g/mol. The van der Waals surface area contributed by atoms with Crippen LogP contribution in [0.25, 0.3) is 0 Å². The molecule has 7 nitrogen and oxygen atoms in total. The van der Waals surface area contributed by atoms with E-state index in [2.05, 4.69) is 20.7 Å². The molecule has 2 heterocycles. The number of hydrogen-bond donors (Lipinski definition) is 2. The molecule has 2 N–H and O–H groups in total. The highest BCUT2D eigenvalue weighted by Gasteiger charge is 2.15. The Hall–Kier alpha value is -1.88. The van der Waals surface area contributed by atoms with Crippen LogP contribution in [0, 0.1) is 19.7 Å². The molecule has 0 atom stereocenters. The quantitative estimate of drug-likeness (QED) is 0.364. The van der Waals surface area contributed by atoms with Crippen LogP contribution in [-0.2, 0) is 24.9 Å². The normalized spacial score (nSPS) is 14.5. The van der Waals surface area contributed by atoms with E-state index >= 15 is 0 Å². The van der Waals surface area contributed by atoms with Crippen LogP contribution in [0.5, 0.6) is 0 Å². The summed E-state index contributed by atoms with van der Waals surface area (Å²) >= 11 is 0. The molecule has 160 valence electrons. The molecule has 29 heavy (non-hydrogen) atoms. The second-order valence-corrected chi connectivity index (χ2v) is 6.94. The van der Waals surface area contributed by atoms with E-state index in [0.29, 0.717) is 38.0 Å². The van der Waals surface area contributed by atoms with E-state index < -0.39 is 0 Å². The Morgan fingerprint density at radius 2 is 1.90 bits per heavy atom. The third-order valence-electron chi connectivity index (χ3n) is 5.14. The van der Waals surface area contributed by atoms with Crippen LogP contribution in [0.4, 0.5) is 10.1 Å². The molecule has 0 bridgehead atoms. The molecule has 1 aromatic carbocycles. The lowest BCUT2D eigenvalue weighted by atomic mass is 10.1. The Labute approximate surface area is 188 Å². The predicted octanol–water partition coefficient (Wildman–Crippen LogP) is 2.50. The number of morpholine rings is 1. The smallest absolute Gasteiger partial charge is 0.191 e. The fourth-order valence-corrected chi connectivity index (χ4v) is 3.37. The number of aryl methyl sites for hydroxylation is 2. The van der Waals surface area contributed by atoms with Gasteiger partial charge in [-0.25, -0.2) is 4.39 Å². The molecule has 0 unspecified atom stereocenters. The Morgan fingerprint density at radius 1 is 1.21 bits per heavy atom. The second-order valence-electron chi connectivity index (χ2n) is 6.94. The molecule has 0 radical (unpaired) electrons. The maximum Gasteiger partial charge on any atom is 0.191 e. The third kappa shape index (κ3) is 5.81. The topological polar surface area (TPSA) is 66.7 Å². The van der Waals surface area contributed by atoms with Gasteiger partial charge in [0.05, 0.1) is 24.6 Å². The molecule has 2 aromatic rings. The van der Waals surface area contributed by atoms with Gasteiger partial charge in [0, 0.05) is 51.5 Å². The minimum atomic E-state index is -0.203. The van der Waals surface area contributed by atoms with E-state index in [4.69, 9.17) is 4.74 Å². The van der Waals surface area contributed by atoms with Crippen molar-refractivity contribution in [2.75, 3.05) is 38.3 Å². The molecule has 3 rings (SSSR count). The fraction of sp³-hybridized carbons (Fsp3) is 0.500. The first kappa shape index (κ1) is 23.4. The van der Waals surface area contributed by atoms with Crippen molar-refractivity contribution in [3.63, 3.8) is 0 Å². The van der Waals surface area contributed by atoms with Gasteiger partial charge in [-0.2, -0.15) is 5.10 Å². The van der Waals surface area contributed by atoms with Crippen LogP contribution in [0.3, 0.4) is 0 Å². The summed E-state index contributed by atoms with van der Waals surface area (Å²) in [5.41, 5.74) is 4.79. The molecule has 9 heteroatoms. The number of ether oxygens (including phenoxy) is 1. The molecule has 1 fully saturated rings. The van der Waals surface area contributed by atoms with Crippen molar-refractivity contribution in [1.82, 2.24) is 20.4 Å². The zero-order chi connectivity index (χ0) is 20.1. The van der Waals surface area contributed by atoms with Crippen molar-refractivity contribution in [2.24, 2.45) is 12.0 Å². The largest absolute Gasteiger partial charge is 0.378 e. The number of hydrogen-bond acceptors (Lipinski definition) is 4. The Balaban J connectivity index is 0.00000300. The van der Waals surface area contributed by atoms with Crippen LogP contribution < -0.4 is 15.5 Å². The van der Waals surface area contributed by atoms with Crippen molar-refractivity contribution in [3.05, 3.63) is 46.5 Å². The van der Waals surface area contributed by atoms with Gasteiger partial charge in [0.15, 0.2) is 5.96 Å². The zero-order valence-corrected chi connectivity index (χ0v) is 19.8. The minimum Gasteiger partial charge on any atom is -0.378 e. The standard InChI is InChI=1S/C20H29FN6O.HI/c1-14-17(15(2)26(4)25-14)13-24-20(22-3)23-12-16-5-6-19(18(21)11-16)27-7-9-28-10-8-27;/h5-6,11H,7-10,12-13H2,1-4H3,(H2,22,23,24);1H. The van der Waals surface area contributed by atoms with Gasteiger partial charge in [0.1, 0.15) is 5.82 Å². The van der Waals surface area contributed by atoms with E-state index in [1.807, 2.05) is 42.6 Å². The molecule has 1 aliphatic heterocycles. The minimum absolute atomic E-state index is 0. The summed E-state index contributed by atoms with van der Waals surface area (Å²) in [5, 5.41) is 11.0. The highest BCUT2D eigenvalue weighted by molar-refractivity contribution is 14.0. The molecule has 0 spiro atoms. The maximum absolute atomic E-state index is 14.5. The molecule has 1 aromatic heterocycles. The third-order valence-corrected chi connectivity index (χ3v) is 5.14. The van der Waals surface area contributed by atoms with Crippen molar-refractivity contribution >= 4 is 35.6 Å². The highest BCUT2D eigenvalue weighted by atomic mass is 127. The van der Waals surface area contributed by atoms with Gasteiger partial charge in [-0.1, -0.05) is 6.07 Å². The molecule has 0 amide bonds. The number of benzene rings is 1. The lowest BCUT2D eigenvalue weighted by Gasteiger charge is -2.29. The van der Waals surface area contributed by atoms with Crippen molar-refractivity contribution in [2.45, 2.75) is 26.9 Å². The monoisotopic (exact) mass is 516 g/mol. The number of nitrogens with one attached hydrogen (secondary N) is 2. The number of halogens is 2. The van der Waals surface area contributed by atoms with Gasteiger partial charge in [0.2, 0.25) is 0 Å². The maximum atomic E-state index is 14.5. The van der Waals surface area contributed by atoms with E-state index in [0.717, 1.165) is 35.6 Å². The molecule has 0 saturated carbocycles. The first-order valence-electron chi connectivity index (χ1n) is 9.54. The van der Waals surface area contributed by atoms with Crippen LogP contribution in [0.15, 0.2) is 23.2 Å². The summed E-state index contributed by atoms with van der Waals surface area (Å²) in [6, 6.07) is 5.38. The first-order valence-corrected chi connectivity index (χ1v) is 9.54. The van der Waals surface area contributed by atoms with Crippen molar-refractivity contribution in [3.8, 4) is 0 Å². The second kappa shape index (κ2) is 10.8. The summed E-state index contributed by atoms with van der Waals surface area (Å²) in [6.07, 6.45) is 0. The van der Waals surface area contributed by atoms with E-state index in [1.165, 1.54) is 0 Å². The van der Waals surface area contributed by atoms with E-state index in [-0.39, 0.29) is 29.8 Å². The first-order chi connectivity index (χ1) is 13.5. The van der Waals surface area contributed by atoms with Gasteiger partial charge in [-0.15, -0.1) is 24.0 Å².